The summed E-state index contributed by atoms with van der Waals surface area (Å²) in [6.45, 7) is 8.65. The van der Waals surface area contributed by atoms with E-state index in [1.807, 2.05) is 10.7 Å². The van der Waals surface area contributed by atoms with E-state index in [1.54, 1.807) is 11.3 Å². The minimum Gasteiger partial charge on any atom is -0.226 e. The Labute approximate surface area is 87.8 Å². The van der Waals surface area contributed by atoms with Crippen LogP contribution in [0.25, 0.3) is 4.96 Å². The van der Waals surface area contributed by atoms with Crippen molar-refractivity contribution in [1.82, 2.24) is 14.6 Å². The molecule has 2 aromatic heterocycles. The fraction of sp³-hybridized carbons (Fsp3) is 0.600. The van der Waals surface area contributed by atoms with Crippen LogP contribution in [0.5, 0.6) is 0 Å². The van der Waals surface area contributed by atoms with Crippen LogP contribution in [-0.4, -0.2) is 14.6 Å². The lowest BCUT2D eigenvalue weighted by Crippen LogP contribution is -1.97. The largest absolute Gasteiger partial charge is 0.226 e. The molecule has 2 rings (SSSR count). The first-order chi connectivity index (χ1) is 6.59. The molecule has 0 N–H and O–H groups in total. The maximum Gasteiger partial charge on any atom is 0.212 e. The number of imidazole rings is 1. The molecule has 0 saturated carbocycles. The maximum atomic E-state index is 4.57. The van der Waals surface area contributed by atoms with Crippen molar-refractivity contribution in [3.63, 3.8) is 0 Å². The second-order valence-electron chi connectivity index (χ2n) is 4.13. The van der Waals surface area contributed by atoms with Crippen LogP contribution in [0, 0.1) is 0 Å². The number of fused-ring (bicyclic) bond motifs is 1. The molecule has 0 amide bonds. The van der Waals surface area contributed by atoms with E-state index in [9.17, 15) is 0 Å². The van der Waals surface area contributed by atoms with Crippen LogP contribution in [0.2, 0.25) is 0 Å². The Bertz CT molecular complexity index is 439. The van der Waals surface area contributed by atoms with Gasteiger partial charge in [-0.25, -0.2) is 9.50 Å². The molecule has 3 nitrogen and oxygen atoms in total. The summed E-state index contributed by atoms with van der Waals surface area (Å²) in [5.41, 5.74) is 1.20. The van der Waals surface area contributed by atoms with Crippen molar-refractivity contribution >= 4 is 16.3 Å². The lowest BCUT2D eigenvalue weighted by Gasteiger charge is -2.00. The third-order valence-corrected chi connectivity index (χ3v) is 3.44. The normalized spacial score (nSPS) is 12.1. The highest BCUT2D eigenvalue weighted by Gasteiger charge is 2.13. The molecular formula is C10H15N3S. The van der Waals surface area contributed by atoms with Crippen LogP contribution in [0.3, 0.4) is 0 Å². The zero-order valence-corrected chi connectivity index (χ0v) is 9.80. The summed E-state index contributed by atoms with van der Waals surface area (Å²) in [6, 6.07) is 0. The molecule has 76 valence electrons. The molecule has 4 heteroatoms. The number of aromatic nitrogens is 3. The second-order valence-corrected chi connectivity index (χ2v) is 5.11. The fourth-order valence-corrected chi connectivity index (χ4v) is 2.23. The highest BCUT2D eigenvalue weighted by molar-refractivity contribution is 7.16. The number of nitrogens with zero attached hydrogens (tertiary/aromatic N) is 3. The van der Waals surface area contributed by atoms with Crippen LogP contribution >= 0.6 is 11.3 Å². The summed E-state index contributed by atoms with van der Waals surface area (Å²) in [6.07, 6.45) is 1.92. The molecule has 2 heterocycles. The molecule has 2 aromatic rings. The van der Waals surface area contributed by atoms with Crippen molar-refractivity contribution in [1.29, 1.82) is 0 Å². The van der Waals surface area contributed by atoms with Crippen LogP contribution < -0.4 is 0 Å². The Morgan fingerprint density at radius 2 is 1.93 bits per heavy atom. The van der Waals surface area contributed by atoms with Crippen molar-refractivity contribution in [2.75, 3.05) is 0 Å². The predicted octanol–water partition coefficient (Wildman–Crippen LogP) is 3.04. The molecule has 0 unspecified atom stereocenters. The molecule has 0 aliphatic carbocycles. The van der Waals surface area contributed by atoms with Gasteiger partial charge < -0.3 is 0 Å². The Hall–Kier alpha value is -0.900. The molecule has 0 radical (unpaired) electrons. The van der Waals surface area contributed by atoms with Crippen molar-refractivity contribution in [2.45, 2.75) is 39.5 Å². The van der Waals surface area contributed by atoms with Gasteiger partial charge in [-0.2, -0.15) is 5.10 Å². The summed E-state index contributed by atoms with van der Waals surface area (Å²) < 4.78 is 1.98. The lowest BCUT2D eigenvalue weighted by molar-refractivity contribution is 0.736. The molecule has 0 spiro atoms. The average molecular weight is 209 g/mol. The number of rotatable bonds is 2. The van der Waals surface area contributed by atoms with E-state index in [4.69, 9.17) is 0 Å². The molecule has 0 aliphatic rings. The van der Waals surface area contributed by atoms with E-state index in [1.165, 1.54) is 5.69 Å². The number of hydrogen-bond donors (Lipinski definition) is 0. The van der Waals surface area contributed by atoms with Crippen molar-refractivity contribution < 1.29 is 0 Å². The molecule has 0 fully saturated rings. The van der Waals surface area contributed by atoms with Crippen molar-refractivity contribution in [3.8, 4) is 0 Å². The molecule has 0 aliphatic heterocycles. The maximum absolute atomic E-state index is 4.57. The van der Waals surface area contributed by atoms with Gasteiger partial charge in [-0.15, -0.1) is 0 Å². The van der Waals surface area contributed by atoms with E-state index >= 15 is 0 Å². The van der Waals surface area contributed by atoms with E-state index in [0.29, 0.717) is 11.8 Å². The SMILES string of the molecule is CC(C)c1nn2c(C(C)C)cnc2s1. The molecular weight excluding hydrogens is 194 g/mol. The van der Waals surface area contributed by atoms with E-state index in [0.717, 1.165) is 9.97 Å². The van der Waals surface area contributed by atoms with Gasteiger partial charge in [-0.05, 0) is 5.92 Å². The van der Waals surface area contributed by atoms with Gasteiger partial charge in [0, 0.05) is 5.92 Å². The Morgan fingerprint density at radius 3 is 2.50 bits per heavy atom. The van der Waals surface area contributed by atoms with Gasteiger partial charge >= 0.3 is 0 Å². The van der Waals surface area contributed by atoms with E-state index in [2.05, 4.69) is 37.8 Å². The van der Waals surface area contributed by atoms with Gasteiger partial charge in [0.05, 0.1) is 11.9 Å². The zero-order chi connectivity index (χ0) is 10.3. The van der Waals surface area contributed by atoms with E-state index < -0.39 is 0 Å². The van der Waals surface area contributed by atoms with Crippen LogP contribution in [0.4, 0.5) is 0 Å². The summed E-state index contributed by atoms with van der Waals surface area (Å²) in [5, 5.41) is 5.73. The third kappa shape index (κ3) is 1.43. The second kappa shape index (κ2) is 3.35. The highest BCUT2D eigenvalue weighted by atomic mass is 32.1. The van der Waals surface area contributed by atoms with Gasteiger partial charge in [0.1, 0.15) is 5.01 Å². The quantitative estimate of drug-likeness (QED) is 0.761. The summed E-state index contributed by atoms with van der Waals surface area (Å²) >= 11 is 1.68. The molecule has 0 saturated heterocycles. The predicted molar refractivity (Wildman–Crippen MR) is 59.0 cm³/mol. The zero-order valence-electron chi connectivity index (χ0n) is 8.98. The fourth-order valence-electron chi connectivity index (χ4n) is 1.35. The van der Waals surface area contributed by atoms with Crippen LogP contribution in [-0.2, 0) is 0 Å². The highest BCUT2D eigenvalue weighted by Crippen LogP contribution is 2.24. The Morgan fingerprint density at radius 1 is 1.21 bits per heavy atom. The minimum absolute atomic E-state index is 0.479. The minimum atomic E-state index is 0.479. The Kier molecular flexibility index (Phi) is 2.31. The number of hydrogen-bond acceptors (Lipinski definition) is 3. The molecule has 14 heavy (non-hydrogen) atoms. The monoisotopic (exact) mass is 209 g/mol. The van der Waals surface area contributed by atoms with Gasteiger partial charge in [-0.1, -0.05) is 39.0 Å². The van der Waals surface area contributed by atoms with Gasteiger partial charge in [-0.3, -0.25) is 0 Å². The summed E-state index contributed by atoms with van der Waals surface area (Å²) in [4.78, 5) is 5.37. The molecule has 0 aromatic carbocycles. The van der Waals surface area contributed by atoms with E-state index in [-0.39, 0.29) is 0 Å². The van der Waals surface area contributed by atoms with Crippen molar-refractivity contribution in [2.24, 2.45) is 0 Å². The lowest BCUT2D eigenvalue weighted by atomic mass is 10.2. The third-order valence-electron chi connectivity index (χ3n) is 2.21. The van der Waals surface area contributed by atoms with Gasteiger partial charge in [0.2, 0.25) is 4.96 Å². The summed E-state index contributed by atoms with van der Waals surface area (Å²) in [7, 11) is 0. The first-order valence-corrected chi connectivity index (χ1v) is 5.75. The topological polar surface area (TPSA) is 30.2 Å². The summed E-state index contributed by atoms with van der Waals surface area (Å²) in [5.74, 6) is 0.967. The first-order valence-electron chi connectivity index (χ1n) is 4.94. The van der Waals surface area contributed by atoms with Crippen LogP contribution in [0.1, 0.15) is 50.2 Å². The smallest absolute Gasteiger partial charge is 0.212 e. The standard InChI is InChI=1S/C10H15N3S/c1-6(2)8-5-11-10-13(8)12-9(14-10)7(3)4/h5-7H,1-4H3. The van der Waals surface area contributed by atoms with Crippen molar-refractivity contribution in [3.05, 3.63) is 16.9 Å². The van der Waals surface area contributed by atoms with Crippen LogP contribution in [0.15, 0.2) is 6.20 Å². The van der Waals surface area contributed by atoms with Gasteiger partial charge in [0.15, 0.2) is 0 Å². The van der Waals surface area contributed by atoms with Gasteiger partial charge in [0.25, 0.3) is 0 Å². The average Bonchev–Trinajstić information content (AvgIpc) is 2.58. The molecule has 0 atom stereocenters. The first kappa shape index (κ1) is 9.65. The molecule has 0 bridgehead atoms. The Balaban J connectivity index is 2.56.